The van der Waals surface area contributed by atoms with Gasteiger partial charge in [-0.3, -0.25) is 9.69 Å². The maximum Gasteiger partial charge on any atom is 0.324 e. The Balaban J connectivity index is 2.64. The summed E-state index contributed by atoms with van der Waals surface area (Å²) in [5.41, 5.74) is -0.579. The van der Waals surface area contributed by atoms with E-state index in [1.54, 1.807) is 0 Å². The molecule has 0 aliphatic heterocycles. The molecule has 0 aromatic heterocycles. The molecule has 1 N–H and O–H groups in total. The average Bonchev–Trinajstić information content (AvgIpc) is 2.55. The number of likely N-dealkylation sites (N-methyl/N-ethyl adjacent to an activating group) is 1. The molecule has 0 amide bonds. The van der Waals surface area contributed by atoms with Gasteiger partial charge >= 0.3 is 5.97 Å². The molecule has 0 aromatic carbocycles. The van der Waals surface area contributed by atoms with E-state index >= 15 is 0 Å². The van der Waals surface area contributed by atoms with Gasteiger partial charge < -0.3 is 5.11 Å². The van der Waals surface area contributed by atoms with Crippen molar-refractivity contribution in [3.8, 4) is 0 Å². The monoisotopic (exact) mass is 241 g/mol. The first-order valence-corrected chi connectivity index (χ1v) is 7.08. The zero-order valence-corrected chi connectivity index (χ0v) is 11.4. The number of nitrogens with zero attached hydrogens (tertiary/aromatic N) is 1. The third kappa shape index (κ3) is 3.70. The molecule has 0 atom stereocenters. The topological polar surface area (TPSA) is 40.5 Å². The lowest BCUT2D eigenvalue weighted by molar-refractivity contribution is -0.152. The van der Waals surface area contributed by atoms with Crippen LogP contribution in [0.3, 0.4) is 0 Å². The van der Waals surface area contributed by atoms with Gasteiger partial charge in [-0.2, -0.15) is 0 Å². The molecule has 1 aliphatic rings. The van der Waals surface area contributed by atoms with Crippen LogP contribution in [0.1, 0.15) is 64.7 Å². The predicted molar refractivity (Wildman–Crippen MR) is 70.2 cm³/mol. The molecule has 0 aromatic rings. The molecule has 17 heavy (non-hydrogen) atoms. The van der Waals surface area contributed by atoms with Gasteiger partial charge in [0.2, 0.25) is 0 Å². The molecule has 1 aliphatic carbocycles. The molecule has 1 rings (SSSR count). The summed E-state index contributed by atoms with van der Waals surface area (Å²) < 4.78 is 0. The Kier molecular flexibility index (Phi) is 5.96. The maximum absolute atomic E-state index is 11.7. The predicted octanol–water partition coefficient (Wildman–Crippen LogP) is 3.29. The number of hydrogen-bond acceptors (Lipinski definition) is 2. The van der Waals surface area contributed by atoms with E-state index in [4.69, 9.17) is 0 Å². The van der Waals surface area contributed by atoms with E-state index in [2.05, 4.69) is 11.8 Å². The molecule has 0 bridgehead atoms. The molecule has 0 saturated heterocycles. The second-order valence-electron chi connectivity index (χ2n) is 5.38. The Labute approximate surface area is 105 Å². The number of rotatable bonds is 6. The van der Waals surface area contributed by atoms with E-state index in [-0.39, 0.29) is 0 Å². The first-order chi connectivity index (χ1) is 8.13. The van der Waals surface area contributed by atoms with Gasteiger partial charge in [-0.15, -0.1) is 0 Å². The zero-order chi connectivity index (χ0) is 12.7. The molecule has 1 fully saturated rings. The van der Waals surface area contributed by atoms with Gasteiger partial charge in [-0.1, -0.05) is 45.4 Å². The Morgan fingerprint density at radius 3 is 2.24 bits per heavy atom. The van der Waals surface area contributed by atoms with Crippen LogP contribution in [0.4, 0.5) is 0 Å². The smallest absolute Gasteiger partial charge is 0.324 e. The van der Waals surface area contributed by atoms with Crippen molar-refractivity contribution < 1.29 is 9.90 Å². The van der Waals surface area contributed by atoms with Gasteiger partial charge in [0.25, 0.3) is 0 Å². The Bertz CT molecular complexity index is 232. The highest BCUT2D eigenvalue weighted by molar-refractivity contribution is 5.78. The fourth-order valence-electron chi connectivity index (χ4n) is 2.89. The van der Waals surface area contributed by atoms with E-state index in [0.29, 0.717) is 0 Å². The van der Waals surface area contributed by atoms with E-state index in [0.717, 1.165) is 38.6 Å². The molecule has 100 valence electrons. The molecule has 0 heterocycles. The average molecular weight is 241 g/mol. The Morgan fingerprint density at radius 1 is 1.18 bits per heavy atom. The first-order valence-electron chi connectivity index (χ1n) is 7.08. The van der Waals surface area contributed by atoms with E-state index in [9.17, 15) is 9.90 Å². The van der Waals surface area contributed by atoms with Crippen molar-refractivity contribution in [2.45, 2.75) is 70.3 Å². The van der Waals surface area contributed by atoms with Gasteiger partial charge in [0.1, 0.15) is 5.54 Å². The highest BCUT2D eigenvalue weighted by Gasteiger charge is 2.41. The SMILES string of the molecule is CCCCCN(C)C1(C(=O)O)CCCCCC1. The molecule has 3 nitrogen and oxygen atoms in total. The molecule has 3 heteroatoms. The standard InChI is InChI=1S/C14H27NO2/c1-3-4-9-12-15(2)14(13(16)17)10-7-5-6-8-11-14/h3-12H2,1-2H3,(H,16,17). The summed E-state index contributed by atoms with van der Waals surface area (Å²) in [6, 6.07) is 0. The normalized spacial score (nSPS) is 20.2. The van der Waals surface area contributed by atoms with Crippen LogP contribution in [0.15, 0.2) is 0 Å². The third-order valence-electron chi connectivity index (χ3n) is 4.16. The van der Waals surface area contributed by atoms with Crippen LogP contribution in [0.5, 0.6) is 0 Å². The number of hydrogen-bond donors (Lipinski definition) is 1. The lowest BCUT2D eigenvalue weighted by Crippen LogP contribution is -2.52. The van der Waals surface area contributed by atoms with Crippen molar-refractivity contribution >= 4 is 5.97 Å². The largest absolute Gasteiger partial charge is 0.480 e. The van der Waals surface area contributed by atoms with Crippen molar-refractivity contribution in [2.24, 2.45) is 0 Å². The molecular formula is C14H27NO2. The van der Waals surface area contributed by atoms with Crippen molar-refractivity contribution in [2.75, 3.05) is 13.6 Å². The fraction of sp³-hybridized carbons (Fsp3) is 0.929. The molecular weight excluding hydrogens is 214 g/mol. The van der Waals surface area contributed by atoms with E-state index in [1.807, 2.05) is 7.05 Å². The Hall–Kier alpha value is -0.570. The second kappa shape index (κ2) is 7.00. The van der Waals surface area contributed by atoms with Gasteiger partial charge in [-0.05, 0) is 32.9 Å². The maximum atomic E-state index is 11.7. The van der Waals surface area contributed by atoms with Crippen LogP contribution < -0.4 is 0 Å². The van der Waals surface area contributed by atoms with Crippen LogP contribution in [0, 0.1) is 0 Å². The van der Waals surface area contributed by atoms with Crippen molar-refractivity contribution in [1.29, 1.82) is 0 Å². The number of carbonyl (C=O) groups is 1. The van der Waals surface area contributed by atoms with Crippen molar-refractivity contribution in [1.82, 2.24) is 4.90 Å². The van der Waals surface area contributed by atoms with Crippen LogP contribution in [0.2, 0.25) is 0 Å². The van der Waals surface area contributed by atoms with Crippen LogP contribution in [-0.2, 0) is 4.79 Å². The summed E-state index contributed by atoms with van der Waals surface area (Å²) in [5.74, 6) is -0.613. The van der Waals surface area contributed by atoms with Gasteiger partial charge in [0.05, 0.1) is 0 Å². The van der Waals surface area contributed by atoms with Crippen LogP contribution in [-0.4, -0.2) is 35.1 Å². The van der Waals surface area contributed by atoms with Gasteiger partial charge in [-0.25, -0.2) is 0 Å². The summed E-state index contributed by atoms with van der Waals surface area (Å²) >= 11 is 0. The number of carboxylic acids is 1. The number of unbranched alkanes of at least 4 members (excludes halogenated alkanes) is 2. The minimum absolute atomic E-state index is 0.579. The minimum atomic E-state index is -0.613. The highest BCUT2D eigenvalue weighted by atomic mass is 16.4. The van der Waals surface area contributed by atoms with Crippen molar-refractivity contribution in [3.05, 3.63) is 0 Å². The minimum Gasteiger partial charge on any atom is -0.480 e. The second-order valence-corrected chi connectivity index (χ2v) is 5.38. The first kappa shape index (κ1) is 14.5. The summed E-state index contributed by atoms with van der Waals surface area (Å²) in [6.07, 6.45) is 9.65. The third-order valence-corrected chi connectivity index (χ3v) is 4.16. The summed E-state index contributed by atoms with van der Waals surface area (Å²) in [5, 5.41) is 9.60. The summed E-state index contributed by atoms with van der Waals surface area (Å²) in [7, 11) is 2.00. The lowest BCUT2D eigenvalue weighted by atomic mass is 9.88. The molecule has 0 unspecified atom stereocenters. The van der Waals surface area contributed by atoms with Crippen LogP contribution in [0.25, 0.3) is 0 Å². The fourth-order valence-corrected chi connectivity index (χ4v) is 2.89. The van der Waals surface area contributed by atoms with Gasteiger partial charge in [0, 0.05) is 0 Å². The summed E-state index contributed by atoms with van der Waals surface area (Å²) in [6.45, 7) is 3.10. The van der Waals surface area contributed by atoms with Crippen molar-refractivity contribution in [3.63, 3.8) is 0 Å². The van der Waals surface area contributed by atoms with E-state index in [1.165, 1.54) is 25.7 Å². The highest BCUT2D eigenvalue weighted by Crippen LogP contribution is 2.32. The van der Waals surface area contributed by atoms with Gasteiger partial charge in [0.15, 0.2) is 0 Å². The van der Waals surface area contributed by atoms with Crippen LogP contribution >= 0.6 is 0 Å². The zero-order valence-electron chi connectivity index (χ0n) is 11.4. The van der Waals surface area contributed by atoms with E-state index < -0.39 is 11.5 Å². The molecule has 0 spiro atoms. The number of carboxylic acid groups (broad SMARTS) is 1. The lowest BCUT2D eigenvalue weighted by Gasteiger charge is -2.37. The summed E-state index contributed by atoms with van der Waals surface area (Å²) in [4.78, 5) is 13.8. The molecule has 0 radical (unpaired) electrons. The Morgan fingerprint density at radius 2 is 1.76 bits per heavy atom. The molecule has 1 saturated carbocycles. The quantitative estimate of drug-likeness (QED) is 0.573. The number of aliphatic carboxylic acids is 1.